The third-order valence-electron chi connectivity index (χ3n) is 7.28. The maximum absolute atomic E-state index is 13.0. The summed E-state index contributed by atoms with van der Waals surface area (Å²) in [4.78, 5) is 18.4. The SMILES string of the molecule is CC[C@H](c1nnnn1C1CCCC1)N(Cc1cc2cc(OC)ccc2[nH]c1=O)C[C@@H]1CCCO1. The lowest BCUT2D eigenvalue weighted by Crippen LogP contribution is -2.38. The van der Waals surface area contributed by atoms with Crippen molar-refractivity contribution in [2.75, 3.05) is 20.3 Å². The van der Waals surface area contributed by atoms with E-state index < -0.39 is 0 Å². The molecule has 5 rings (SSSR count). The van der Waals surface area contributed by atoms with Crippen LogP contribution in [0.4, 0.5) is 0 Å². The van der Waals surface area contributed by atoms with Crippen molar-refractivity contribution < 1.29 is 9.47 Å². The van der Waals surface area contributed by atoms with Gasteiger partial charge in [-0.2, -0.15) is 0 Å². The molecule has 0 spiro atoms. The molecule has 0 amide bonds. The van der Waals surface area contributed by atoms with E-state index in [1.165, 1.54) is 12.8 Å². The van der Waals surface area contributed by atoms with E-state index in [2.05, 4.69) is 32.3 Å². The molecule has 3 aromatic rings. The first-order chi connectivity index (χ1) is 16.7. The van der Waals surface area contributed by atoms with Crippen molar-refractivity contribution in [2.45, 2.75) is 76.6 Å². The largest absolute Gasteiger partial charge is 0.497 e. The van der Waals surface area contributed by atoms with E-state index in [1.54, 1.807) is 7.11 Å². The van der Waals surface area contributed by atoms with E-state index in [-0.39, 0.29) is 17.7 Å². The summed E-state index contributed by atoms with van der Waals surface area (Å²) in [6.07, 6.45) is 7.78. The Hall–Kier alpha value is -2.78. The molecular weight excluding hydrogens is 432 g/mol. The highest BCUT2D eigenvalue weighted by molar-refractivity contribution is 5.80. The van der Waals surface area contributed by atoms with E-state index >= 15 is 0 Å². The number of hydrogen-bond acceptors (Lipinski definition) is 7. The van der Waals surface area contributed by atoms with Crippen molar-refractivity contribution in [1.29, 1.82) is 0 Å². The van der Waals surface area contributed by atoms with E-state index in [0.29, 0.717) is 12.6 Å². The summed E-state index contributed by atoms with van der Waals surface area (Å²) in [7, 11) is 1.65. The number of aromatic nitrogens is 5. The Balaban J connectivity index is 1.49. The lowest BCUT2D eigenvalue weighted by atomic mass is 10.1. The molecule has 0 unspecified atom stereocenters. The first-order valence-electron chi connectivity index (χ1n) is 12.5. The number of rotatable bonds is 9. The Labute approximate surface area is 199 Å². The molecule has 3 heterocycles. The van der Waals surface area contributed by atoms with Crippen molar-refractivity contribution in [3.8, 4) is 5.75 Å². The van der Waals surface area contributed by atoms with Crippen LogP contribution in [0.1, 0.15) is 75.3 Å². The third-order valence-corrected chi connectivity index (χ3v) is 7.28. The molecule has 2 fully saturated rings. The Morgan fingerprint density at radius 1 is 1.24 bits per heavy atom. The molecule has 2 atom stereocenters. The van der Waals surface area contributed by atoms with Gasteiger partial charge in [0.1, 0.15) is 5.75 Å². The van der Waals surface area contributed by atoms with E-state index in [4.69, 9.17) is 9.47 Å². The molecule has 1 aliphatic heterocycles. The predicted octanol–water partition coefficient (Wildman–Crippen LogP) is 3.77. The zero-order valence-corrected chi connectivity index (χ0v) is 20.1. The fraction of sp³-hybridized carbons (Fsp3) is 0.600. The van der Waals surface area contributed by atoms with Gasteiger partial charge < -0.3 is 14.5 Å². The number of benzene rings is 1. The maximum Gasteiger partial charge on any atom is 0.252 e. The predicted molar refractivity (Wildman–Crippen MR) is 129 cm³/mol. The van der Waals surface area contributed by atoms with Crippen LogP contribution in [0.3, 0.4) is 0 Å². The van der Waals surface area contributed by atoms with Gasteiger partial charge in [-0.3, -0.25) is 9.69 Å². The highest BCUT2D eigenvalue weighted by Crippen LogP contribution is 2.33. The van der Waals surface area contributed by atoms with Gasteiger partial charge in [0.2, 0.25) is 0 Å². The molecule has 9 heteroatoms. The lowest BCUT2D eigenvalue weighted by molar-refractivity contribution is 0.0484. The quantitative estimate of drug-likeness (QED) is 0.512. The fourth-order valence-corrected chi connectivity index (χ4v) is 5.48. The van der Waals surface area contributed by atoms with E-state index in [1.807, 2.05) is 28.9 Å². The number of tetrazole rings is 1. The average molecular weight is 467 g/mol. The van der Waals surface area contributed by atoms with Gasteiger partial charge in [-0.15, -0.1) is 5.10 Å². The molecule has 1 N–H and O–H groups in total. The zero-order valence-electron chi connectivity index (χ0n) is 20.1. The smallest absolute Gasteiger partial charge is 0.252 e. The summed E-state index contributed by atoms with van der Waals surface area (Å²) in [6.45, 7) is 4.20. The number of aromatic amines is 1. The number of methoxy groups -OCH3 is 1. The lowest BCUT2D eigenvalue weighted by Gasteiger charge is -2.32. The minimum Gasteiger partial charge on any atom is -0.497 e. The summed E-state index contributed by atoms with van der Waals surface area (Å²) in [5.41, 5.74) is 1.45. The van der Waals surface area contributed by atoms with Crippen LogP contribution in [-0.2, 0) is 11.3 Å². The summed E-state index contributed by atoms with van der Waals surface area (Å²) >= 11 is 0. The van der Waals surface area contributed by atoms with Gasteiger partial charge in [0.25, 0.3) is 5.56 Å². The van der Waals surface area contributed by atoms with Crippen molar-refractivity contribution in [3.05, 3.63) is 46.0 Å². The Morgan fingerprint density at radius 2 is 2.09 bits per heavy atom. The first kappa shape index (κ1) is 23.0. The summed E-state index contributed by atoms with van der Waals surface area (Å²) in [5.74, 6) is 1.66. The zero-order chi connectivity index (χ0) is 23.5. The fourth-order valence-electron chi connectivity index (χ4n) is 5.48. The van der Waals surface area contributed by atoms with Gasteiger partial charge in [0, 0.05) is 36.2 Å². The maximum atomic E-state index is 13.0. The van der Waals surface area contributed by atoms with Gasteiger partial charge in [-0.05, 0) is 66.8 Å². The summed E-state index contributed by atoms with van der Waals surface area (Å²) in [6, 6.07) is 8.04. The normalized spacial score (nSPS) is 19.9. The molecule has 182 valence electrons. The summed E-state index contributed by atoms with van der Waals surface area (Å²) in [5, 5.41) is 13.9. The van der Waals surface area contributed by atoms with Crippen molar-refractivity contribution in [1.82, 2.24) is 30.1 Å². The molecule has 0 radical (unpaired) electrons. The number of fused-ring (bicyclic) bond motifs is 1. The van der Waals surface area contributed by atoms with Gasteiger partial charge in [-0.25, -0.2) is 4.68 Å². The topological polar surface area (TPSA) is 98.2 Å². The van der Waals surface area contributed by atoms with Crippen molar-refractivity contribution in [3.63, 3.8) is 0 Å². The number of nitrogens with zero attached hydrogens (tertiary/aromatic N) is 5. The van der Waals surface area contributed by atoms with Crippen LogP contribution in [0.15, 0.2) is 29.1 Å². The van der Waals surface area contributed by atoms with Crippen LogP contribution in [0.2, 0.25) is 0 Å². The second-order valence-corrected chi connectivity index (χ2v) is 9.49. The van der Waals surface area contributed by atoms with Gasteiger partial charge >= 0.3 is 0 Å². The first-order valence-corrected chi connectivity index (χ1v) is 12.5. The van der Waals surface area contributed by atoms with Crippen LogP contribution in [0.5, 0.6) is 5.75 Å². The van der Waals surface area contributed by atoms with Crippen LogP contribution < -0.4 is 10.3 Å². The van der Waals surface area contributed by atoms with E-state index in [9.17, 15) is 4.79 Å². The van der Waals surface area contributed by atoms with Crippen molar-refractivity contribution >= 4 is 10.9 Å². The highest BCUT2D eigenvalue weighted by atomic mass is 16.5. The van der Waals surface area contributed by atoms with Gasteiger partial charge in [-0.1, -0.05) is 19.8 Å². The number of hydrogen-bond donors (Lipinski definition) is 1. The van der Waals surface area contributed by atoms with Crippen LogP contribution in [0.25, 0.3) is 10.9 Å². The second kappa shape index (κ2) is 10.2. The van der Waals surface area contributed by atoms with Crippen LogP contribution in [-0.4, -0.2) is 56.5 Å². The number of H-pyrrole nitrogens is 1. The third kappa shape index (κ3) is 4.72. The number of ether oxygens (including phenoxy) is 2. The molecular formula is C25H34N6O3. The monoisotopic (exact) mass is 466 g/mol. The molecule has 34 heavy (non-hydrogen) atoms. The molecule has 1 saturated heterocycles. The Kier molecular flexibility index (Phi) is 6.92. The minimum absolute atomic E-state index is 0.000191. The standard InChI is InChI=1S/C25H34N6O3/c1-3-23(24-27-28-29-31(24)19-7-4-5-8-19)30(16-21-9-6-12-34-21)15-18-13-17-14-20(33-2)10-11-22(17)26-25(18)32/h10-11,13-14,19,21,23H,3-9,12,15-16H2,1-2H3,(H,26,32)/t21-,23+/m0/s1. The molecule has 1 saturated carbocycles. The molecule has 9 nitrogen and oxygen atoms in total. The Bertz CT molecular complexity index is 1160. The number of pyridine rings is 1. The molecule has 0 bridgehead atoms. The van der Waals surface area contributed by atoms with Gasteiger partial charge in [0.05, 0.1) is 25.3 Å². The van der Waals surface area contributed by atoms with E-state index in [0.717, 1.165) is 73.3 Å². The summed E-state index contributed by atoms with van der Waals surface area (Å²) < 4.78 is 13.4. The second-order valence-electron chi connectivity index (χ2n) is 9.49. The van der Waals surface area contributed by atoms with Crippen LogP contribution in [0, 0.1) is 0 Å². The minimum atomic E-state index is -0.0692. The average Bonchev–Trinajstić information content (AvgIpc) is 3.62. The molecule has 1 aromatic carbocycles. The molecule has 2 aliphatic rings. The van der Waals surface area contributed by atoms with Gasteiger partial charge in [0.15, 0.2) is 5.82 Å². The van der Waals surface area contributed by atoms with Crippen LogP contribution >= 0.6 is 0 Å². The Morgan fingerprint density at radius 3 is 2.82 bits per heavy atom. The number of nitrogens with one attached hydrogen (secondary N) is 1. The molecule has 1 aliphatic carbocycles. The molecule has 2 aromatic heterocycles. The highest BCUT2D eigenvalue weighted by Gasteiger charge is 2.31. The van der Waals surface area contributed by atoms with Crippen molar-refractivity contribution in [2.24, 2.45) is 0 Å².